The van der Waals surface area contributed by atoms with Crippen LogP contribution in [-0.2, 0) is 10.3 Å². The summed E-state index contributed by atoms with van der Waals surface area (Å²) in [5.41, 5.74) is -0.141. The Balaban J connectivity index is 1.72. The fraction of sp³-hybridized carbons (Fsp3) is 0.571. The zero-order valence-electron chi connectivity index (χ0n) is 10.2. The van der Waals surface area contributed by atoms with E-state index in [0.29, 0.717) is 31.6 Å². The van der Waals surface area contributed by atoms with Gasteiger partial charge in [0.15, 0.2) is 11.6 Å². The summed E-state index contributed by atoms with van der Waals surface area (Å²) in [5, 5.41) is 9.91. The van der Waals surface area contributed by atoms with Gasteiger partial charge in [0.25, 0.3) is 0 Å². The maximum Gasteiger partial charge on any atom is 0.165 e. The normalized spacial score (nSPS) is 22.8. The molecule has 2 fully saturated rings. The van der Waals surface area contributed by atoms with Gasteiger partial charge >= 0.3 is 0 Å². The predicted molar refractivity (Wildman–Crippen MR) is 64.0 cm³/mol. The Morgan fingerprint density at radius 2 is 2.00 bits per heavy atom. The molecule has 0 unspecified atom stereocenters. The van der Waals surface area contributed by atoms with E-state index in [1.54, 1.807) is 12.1 Å². The van der Waals surface area contributed by atoms with Crippen LogP contribution in [0.5, 0.6) is 5.75 Å². The number of benzene rings is 1. The van der Waals surface area contributed by atoms with Crippen LogP contribution in [0.3, 0.4) is 0 Å². The van der Waals surface area contributed by atoms with Gasteiger partial charge in [-0.05, 0) is 30.5 Å². The largest absolute Gasteiger partial charge is 0.487 e. The molecule has 1 saturated heterocycles. The van der Waals surface area contributed by atoms with E-state index in [-0.39, 0.29) is 17.7 Å². The van der Waals surface area contributed by atoms with Gasteiger partial charge in [-0.2, -0.15) is 0 Å². The fourth-order valence-electron chi connectivity index (χ4n) is 2.27. The van der Waals surface area contributed by atoms with Crippen molar-refractivity contribution in [2.45, 2.75) is 37.4 Å². The Bertz CT molecular complexity index is 437. The van der Waals surface area contributed by atoms with E-state index < -0.39 is 5.60 Å². The zero-order chi connectivity index (χ0) is 12.6. The Morgan fingerprint density at radius 1 is 1.28 bits per heavy atom. The molecule has 1 aliphatic heterocycles. The van der Waals surface area contributed by atoms with Gasteiger partial charge in [-0.3, -0.25) is 0 Å². The van der Waals surface area contributed by atoms with E-state index in [9.17, 15) is 9.50 Å². The summed E-state index contributed by atoms with van der Waals surface area (Å²) < 4.78 is 24.8. The molecule has 2 aliphatic rings. The maximum atomic E-state index is 13.9. The van der Waals surface area contributed by atoms with Crippen molar-refractivity contribution < 1.29 is 19.0 Å². The van der Waals surface area contributed by atoms with E-state index >= 15 is 0 Å². The Hall–Kier alpha value is -1.13. The molecule has 1 aromatic rings. The van der Waals surface area contributed by atoms with Gasteiger partial charge in [-0.1, -0.05) is 6.07 Å². The molecule has 18 heavy (non-hydrogen) atoms. The molecule has 0 aromatic heterocycles. The first-order valence-electron chi connectivity index (χ1n) is 6.44. The van der Waals surface area contributed by atoms with Crippen molar-refractivity contribution in [3.05, 3.63) is 29.6 Å². The topological polar surface area (TPSA) is 38.7 Å². The fourth-order valence-corrected chi connectivity index (χ4v) is 2.27. The monoisotopic (exact) mass is 252 g/mol. The average molecular weight is 252 g/mol. The zero-order valence-corrected chi connectivity index (χ0v) is 10.2. The van der Waals surface area contributed by atoms with Gasteiger partial charge in [0, 0.05) is 12.8 Å². The maximum absolute atomic E-state index is 13.9. The second-order valence-electron chi connectivity index (χ2n) is 5.11. The molecule has 98 valence electrons. The summed E-state index contributed by atoms with van der Waals surface area (Å²) in [6, 6.07) is 4.77. The molecule has 0 amide bonds. The van der Waals surface area contributed by atoms with Crippen LogP contribution in [0, 0.1) is 5.82 Å². The molecule has 1 N–H and O–H groups in total. The summed E-state index contributed by atoms with van der Waals surface area (Å²) >= 11 is 0. The lowest BCUT2D eigenvalue weighted by molar-refractivity contribution is 0.0240. The summed E-state index contributed by atoms with van der Waals surface area (Å²) in [6.45, 7) is 1.34. The van der Waals surface area contributed by atoms with Crippen LogP contribution in [-0.4, -0.2) is 24.4 Å². The van der Waals surface area contributed by atoms with Crippen LogP contribution in [0.1, 0.15) is 31.2 Å². The highest BCUT2D eigenvalue weighted by molar-refractivity contribution is 5.35. The second kappa shape index (κ2) is 4.52. The van der Waals surface area contributed by atoms with Crippen molar-refractivity contribution in [3.8, 4) is 5.75 Å². The van der Waals surface area contributed by atoms with Crippen LogP contribution in [0.25, 0.3) is 0 Å². The molecule has 0 bridgehead atoms. The van der Waals surface area contributed by atoms with E-state index in [4.69, 9.17) is 9.47 Å². The van der Waals surface area contributed by atoms with E-state index in [0.717, 1.165) is 12.8 Å². The molecule has 0 atom stereocenters. The summed E-state index contributed by atoms with van der Waals surface area (Å²) in [5.74, 6) is -0.116. The number of rotatable bonds is 3. The van der Waals surface area contributed by atoms with Crippen LogP contribution in [0.4, 0.5) is 4.39 Å². The van der Waals surface area contributed by atoms with Crippen molar-refractivity contribution in [2.75, 3.05) is 13.2 Å². The highest BCUT2D eigenvalue weighted by Crippen LogP contribution is 2.45. The average Bonchev–Trinajstić information content (AvgIpc) is 3.12. The van der Waals surface area contributed by atoms with E-state index in [1.807, 2.05) is 0 Å². The van der Waals surface area contributed by atoms with Crippen molar-refractivity contribution in [2.24, 2.45) is 0 Å². The molecule has 1 saturated carbocycles. The number of hydrogen-bond donors (Lipinski definition) is 1. The van der Waals surface area contributed by atoms with Crippen LogP contribution in [0.2, 0.25) is 0 Å². The summed E-state index contributed by atoms with van der Waals surface area (Å²) in [7, 11) is 0. The van der Waals surface area contributed by atoms with E-state index in [1.165, 1.54) is 6.07 Å². The van der Waals surface area contributed by atoms with Gasteiger partial charge in [0.2, 0.25) is 0 Å². The number of hydrogen-bond acceptors (Lipinski definition) is 3. The molecule has 1 aromatic carbocycles. The van der Waals surface area contributed by atoms with Gasteiger partial charge in [-0.25, -0.2) is 4.39 Å². The highest BCUT2D eigenvalue weighted by Gasteiger charge is 2.42. The standard InChI is InChI=1S/C14H17FO3/c15-12-9-10(14(16)5-6-14)1-2-13(12)18-11-3-7-17-8-4-11/h1-2,9,11,16H,3-8H2. The first-order chi connectivity index (χ1) is 8.67. The molecular weight excluding hydrogens is 235 g/mol. The van der Waals surface area contributed by atoms with Gasteiger partial charge in [0.05, 0.1) is 18.8 Å². The van der Waals surface area contributed by atoms with Crippen LogP contribution >= 0.6 is 0 Å². The number of aliphatic hydroxyl groups is 1. The minimum absolute atomic E-state index is 0.0307. The van der Waals surface area contributed by atoms with Crippen molar-refractivity contribution in [1.29, 1.82) is 0 Å². The first-order valence-corrected chi connectivity index (χ1v) is 6.44. The van der Waals surface area contributed by atoms with Crippen molar-refractivity contribution in [3.63, 3.8) is 0 Å². The highest BCUT2D eigenvalue weighted by atomic mass is 19.1. The minimum Gasteiger partial charge on any atom is -0.487 e. The third-order valence-electron chi connectivity index (χ3n) is 3.65. The van der Waals surface area contributed by atoms with Crippen LogP contribution in [0.15, 0.2) is 18.2 Å². The number of halogens is 1. The molecule has 0 radical (unpaired) electrons. The Labute approximate surface area is 106 Å². The van der Waals surface area contributed by atoms with Gasteiger partial charge in [-0.15, -0.1) is 0 Å². The van der Waals surface area contributed by atoms with Gasteiger partial charge in [0.1, 0.15) is 6.10 Å². The molecule has 3 rings (SSSR count). The van der Waals surface area contributed by atoms with E-state index in [2.05, 4.69) is 0 Å². The molecular formula is C14H17FO3. The summed E-state index contributed by atoms with van der Waals surface area (Å²) in [6.07, 6.45) is 3.05. The SMILES string of the molecule is OC1(c2ccc(OC3CCOCC3)c(F)c2)CC1. The van der Waals surface area contributed by atoms with Crippen molar-refractivity contribution >= 4 is 0 Å². The van der Waals surface area contributed by atoms with Gasteiger partial charge < -0.3 is 14.6 Å². The Kier molecular flexibility index (Phi) is 2.99. The molecule has 1 heterocycles. The first kappa shape index (κ1) is 11.9. The molecule has 3 nitrogen and oxygen atoms in total. The molecule has 4 heteroatoms. The lowest BCUT2D eigenvalue weighted by atomic mass is 10.1. The molecule has 1 aliphatic carbocycles. The number of ether oxygens (including phenoxy) is 2. The second-order valence-corrected chi connectivity index (χ2v) is 5.11. The minimum atomic E-state index is -0.794. The lowest BCUT2D eigenvalue weighted by Gasteiger charge is -2.23. The Morgan fingerprint density at radius 3 is 2.61 bits per heavy atom. The molecule has 0 spiro atoms. The summed E-state index contributed by atoms with van der Waals surface area (Å²) in [4.78, 5) is 0. The van der Waals surface area contributed by atoms with Crippen molar-refractivity contribution in [1.82, 2.24) is 0 Å². The third-order valence-corrected chi connectivity index (χ3v) is 3.65. The smallest absolute Gasteiger partial charge is 0.165 e. The lowest BCUT2D eigenvalue weighted by Crippen LogP contribution is -2.26. The third kappa shape index (κ3) is 2.35. The predicted octanol–water partition coefficient (Wildman–Crippen LogP) is 2.36. The quantitative estimate of drug-likeness (QED) is 0.897. The van der Waals surface area contributed by atoms with Crippen LogP contribution < -0.4 is 4.74 Å².